The summed E-state index contributed by atoms with van der Waals surface area (Å²) in [5.74, 6) is -0.203. The van der Waals surface area contributed by atoms with Crippen molar-refractivity contribution in [3.8, 4) is 0 Å². The van der Waals surface area contributed by atoms with Crippen LogP contribution in [0.1, 0.15) is 27.1 Å². The topological polar surface area (TPSA) is 49.4 Å². The van der Waals surface area contributed by atoms with Crippen LogP contribution < -0.4 is 5.32 Å². The van der Waals surface area contributed by atoms with Crippen molar-refractivity contribution >= 4 is 11.6 Å². The highest BCUT2D eigenvalue weighted by Crippen LogP contribution is 2.19. The zero-order valence-corrected chi connectivity index (χ0v) is 11.3. The number of nitrogens with one attached hydrogen (secondary N) is 1. The van der Waals surface area contributed by atoms with Gasteiger partial charge in [-0.3, -0.25) is 9.59 Å². The van der Waals surface area contributed by atoms with Gasteiger partial charge in [0.15, 0.2) is 5.78 Å². The van der Waals surface area contributed by atoms with E-state index in [1.165, 1.54) is 6.08 Å². The third-order valence-electron chi connectivity index (χ3n) is 3.05. The lowest BCUT2D eigenvalue weighted by Gasteiger charge is -2.17. The van der Waals surface area contributed by atoms with E-state index in [9.17, 15) is 9.59 Å². The minimum Gasteiger partial charge on any atom is -0.382 e. The first-order valence-corrected chi connectivity index (χ1v) is 6.38. The lowest BCUT2D eigenvalue weighted by atomic mass is 9.93. The predicted octanol–water partition coefficient (Wildman–Crippen LogP) is 1.49. The minimum absolute atomic E-state index is 0.0972. The maximum atomic E-state index is 12.2. The van der Waals surface area contributed by atoms with Gasteiger partial charge in [0.1, 0.15) is 0 Å². The van der Waals surface area contributed by atoms with Crippen molar-refractivity contribution in [1.29, 1.82) is 0 Å². The third kappa shape index (κ3) is 3.09. The average Bonchev–Trinajstić information content (AvgIpc) is 2.40. The summed E-state index contributed by atoms with van der Waals surface area (Å²) >= 11 is 0. The molecule has 0 saturated carbocycles. The monoisotopic (exact) mass is 258 g/mol. The maximum Gasteiger partial charge on any atom is 0.209 e. The van der Waals surface area contributed by atoms with Crippen LogP contribution in [0.15, 0.2) is 36.0 Å². The number of hydrogen-bond acceptors (Lipinski definition) is 4. The molecule has 0 bridgehead atoms. The van der Waals surface area contributed by atoms with Crippen LogP contribution in [0, 0.1) is 0 Å². The summed E-state index contributed by atoms with van der Waals surface area (Å²) in [4.78, 5) is 26.2. The number of rotatable bonds is 5. The summed E-state index contributed by atoms with van der Waals surface area (Å²) in [6.07, 6.45) is 2.33. The number of Topliss-reactive ketones (excluding diaryl/α,β-unsaturated/α-hetero) is 1. The molecule has 100 valence electrons. The minimum atomic E-state index is -0.106. The number of benzene rings is 1. The van der Waals surface area contributed by atoms with Crippen molar-refractivity contribution in [3.05, 3.63) is 47.2 Å². The van der Waals surface area contributed by atoms with Gasteiger partial charge in [-0.05, 0) is 27.1 Å². The first-order valence-electron chi connectivity index (χ1n) is 6.38. The molecule has 0 amide bonds. The number of hydrogen-bond donors (Lipinski definition) is 1. The molecular formula is C15H18N2O2. The van der Waals surface area contributed by atoms with Crippen LogP contribution in [-0.4, -0.2) is 43.7 Å². The van der Waals surface area contributed by atoms with E-state index in [1.54, 1.807) is 24.3 Å². The molecule has 19 heavy (non-hydrogen) atoms. The summed E-state index contributed by atoms with van der Waals surface area (Å²) in [5, 5.41) is 3.06. The van der Waals surface area contributed by atoms with Crippen molar-refractivity contribution in [2.75, 3.05) is 27.2 Å². The van der Waals surface area contributed by atoms with Gasteiger partial charge in [-0.1, -0.05) is 24.3 Å². The van der Waals surface area contributed by atoms with E-state index in [2.05, 4.69) is 10.2 Å². The van der Waals surface area contributed by atoms with Crippen molar-refractivity contribution in [2.45, 2.75) is 6.42 Å². The Balaban J connectivity index is 2.04. The molecule has 0 aromatic heterocycles. The Labute approximate surface area is 113 Å². The molecule has 4 heteroatoms. The van der Waals surface area contributed by atoms with Gasteiger partial charge in [0, 0.05) is 23.7 Å². The van der Waals surface area contributed by atoms with Crippen LogP contribution in [0.4, 0.5) is 0 Å². The molecule has 0 atom stereocenters. The van der Waals surface area contributed by atoms with Crippen LogP contribution in [0.3, 0.4) is 0 Å². The molecule has 4 nitrogen and oxygen atoms in total. The Morgan fingerprint density at radius 3 is 2.47 bits per heavy atom. The lowest BCUT2D eigenvalue weighted by Crippen LogP contribution is -2.28. The molecule has 1 aliphatic rings. The first-order chi connectivity index (χ1) is 9.09. The molecule has 0 fully saturated rings. The fraction of sp³-hybridized carbons (Fsp3) is 0.333. The van der Waals surface area contributed by atoms with Gasteiger partial charge in [-0.2, -0.15) is 0 Å². The van der Waals surface area contributed by atoms with Crippen LogP contribution in [-0.2, 0) is 0 Å². The number of allylic oxidation sites excluding steroid dienone is 2. The molecule has 0 saturated heterocycles. The van der Waals surface area contributed by atoms with Crippen LogP contribution >= 0.6 is 0 Å². The van der Waals surface area contributed by atoms with E-state index >= 15 is 0 Å². The summed E-state index contributed by atoms with van der Waals surface area (Å²) in [6.45, 7) is 1.63. The van der Waals surface area contributed by atoms with Crippen LogP contribution in [0.2, 0.25) is 0 Å². The van der Waals surface area contributed by atoms with E-state index in [0.717, 1.165) is 13.0 Å². The van der Waals surface area contributed by atoms with Crippen molar-refractivity contribution in [2.24, 2.45) is 0 Å². The zero-order valence-electron chi connectivity index (χ0n) is 11.3. The number of carbonyl (C=O) groups excluding carboxylic acids is 2. The molecule has 2 rings (SSSR count). The molecule has 1 aromatic rings. The second kappa shape index (κ2) is 5.80. The summed E-state index contributed by atoms with van der Waals surface area (Å²) < 4.78 is 0. The van der Waals surface area contributed by atoms with Gasteiger partial charge in [-0.25, -0.2) is 0 Å². The molecule has 1 aromatic carbocycles. The Morgan fingerprint density at radius 2 is 1.79 bits per heavy atom. The van der Waals surface area contributed by atoms with Crippen LogP contribution in [0.25, 0.3) is 0 Å². The molecule has 0 spiro atoms. The third-order valence-corrected chi connectivity index (χ3v) is 3.05. The number of carbonyl (C=O) groups is 2. The van der Waals surface area contributed by atoms with Gasteiger partial charge in [0.2, 0.25) is 5.78 Å². The smallest absolute Gasteiger partial charge is 0.209 e. The summed E-state index contributed by atoms with van der Waals surface area (Å²) in [7, 11) is 4.01. The lowest BCUT2D eigenvalue weighted by molar-refractivity contribution is 0.0978. The van der Waals surface area contributed by atoms with Gasteiger partial charge in [-0.15, -0.1) is 0 Å². The molecule has 0 radical (unpaired) electrons. The Kier molecular flexibility index (Phi) is 4.12. The average molecular weight is 258 g/mol. The van der Waals surface area contributed by atoms with Crippen LogP contribution in [0.5, 0.6) is 0 Å². The van der Waals surface area contributed by atoms with E-state index in [1.807, 2.05) is 14.1 Å². The number of fused-ring (bicyclic) bond motifs is 1. The van der Waals surface area contributed by atoms with Gasteiger partial charge < -0.3 is 10.2 Å². The second-order valence-corrected chi connectivity index (χ2v) is 4.88. The largest absolute Gasteiger partial charge is 0.382 e. The first kappa shape index (κ1) is 13.5. The van der Waals surface area contributed by atoms with Crippen molar-refractivity contribution < 1.29 is 9.59 Å². The van der Waals surface area contributed by atoms with E-state index < -0.39 is 0 Å². The fourth-order valence-electron chi connectivity index (χ4n) is 2.07. The van der Waals surface area contributed by atoms with E-state index in [4.69, 9.17) is 0 Å². The normalized spacial score (nSPS) is 14.4. The molecule has 0 aliphatic heterocycles. The maximum absolute atomic E-state index is 12.2. The van der Waals surface area contributed by atoms with E-state index in [-0.39, 0.29) is 11.6 Å². The van der Waals surface area contributed by atoms with Gasteiger partial charge in [0.25, 0.3) is 0 Å². The van der Waals surface area contributed by atoms with Gasteiger partial charge in [0.05, 0.1) is 5.70 Å². The molecule has 0 heterocycles. The quantitative estimate of drug-likeness (QED) is 0.813. The SMILES string of the molecule is CN(C)CCCNC1=CC(=O)c2ccccc2C1=O. The number of nitrogens with zero attached hydrogens (tertiary/aromatic N) is 1. The highest BCUT2D eigenvalue weighted by molar-refractivity contribution is 6.24. The van der Waals surface area contributed by atoms with Crippen molar-refractivity contribution in [1.82, 2.24) is 10.2 Å². The molecular weight excluding hydrogens is 240 g/mol. The predicted molar refractivity (Wildman–Crippen MR) is 74.4 cm³/mol. The van der Waals surface area contributed by atoms with Gasteiger partial charge >= 0.3 is 0 Å². The van der Waals surface area contributed by atoms with Crippen molar-refractivity contribution in [3.63, 3.8) is 0 Å². The molecule has 1 N–H and O–H groups in total. The van der Waals surface area contributed by atoms with E-state index in [0.29, 0.717) is 23.4 Å². The Hall–Kier alpha value is -1.94. The summed E-state index contributed by atoms with van der Waals surface area (Å²) in [5.41, 5.74) is 1.39. The standard InChI is InChI=1S/C15H18N2O2/c1-17(2)9-5-8-16-13-10-14(18)11-6-3-4-7-12(11)15(13)19/h3-4,6-7,10,16H,5,8-9H2,1-2H3. The highest BCUT2D eigenvalue weighted by Gasteiger charge is 2.24. The second-order valence-electron chi connectivity index (χ2n) is 4.88. The number of ketones is 2. The highest BCUT2D eigenvalue weighted by atomic mass is 16.1. The fourth-order valence-corrected chi connectivity index (χ4v) is 2.07. The zero-order chi connectivity index (χ0) is 13.8. The Bertz CT molecular complexity index is 533. The Morgan fingerprint density at radius 1 is 1.11 bits per heavy atom. The summed E-state index contributed by atoms with van der Waals surface area (Å²) in [6, 6.07) is 6.94. The molecule has 1 aliphatic carbocycles. The molecule has 0 unspecified atom stereocenters.